The van der Waals surface area contributed by atoms with Crippen molar-refractivity contribution in [2.75, 3.05) is 0 Å². The normalized spacial score (nSPS) is 22.9. The molecule has 4 aromatic rings. The average molecular weight is 387 g/mol. The van der Waals surface area contributed by atoms with Crippen LogP contribution in [0.2, 0.25) is 5.02 Å². The molecule has 136 valence electrons. The van der Waals surface area contributed by atoms with Crippen LogP contribution >= 0.6 is 11.6 Å². The summed E-state index contributed by atoms with van der Waals surface area (Å²) in [5, 5.41) is -0.291. The van der Waals surface area contributed by atoms with Gasteiger partial charge in [-0.2, -0.15) is 0 Å². The summed E-state index contributed by atoms with van der Waals surface area (Å²) in [5.74, 6) is 0. The molecule has 1 aromatic heterocycles. The Kier molecular flexibility index (Phi) is 2.15. The standard InChI is InChI=1S/C22H20BClO3/c1-21(2)22(3,4)27-23(26-21)17-11-14(24)12-18-19(17)16-10-9-13-7-5-6-8-15(13)20(16)25-18/h5-12H,1-4H3/i5D,6D,7D,8D,9D,10D,11D,12D. The summed E-state index contributed by atoms with van der Waals surface area (Å²) >= 11 is 6.35. The summed E-state index contributed by atoms with van der Waals surface area (Å²) in [6.45, 7) is 7.35. The lowest BCUT2D eigenvalue weighted by atomic mass is 9.76. The summed E-state index contributed by atoms with van der Waals surface area (Å²) < 4.78 is 85.7. The number of halogens is 1. The maximum Gasteiger partial charge on any atom is 0.495 e. The van der Waals surface area contributed by atoms with E-state index in [1.165, 1.54) is 0 Å². The number of hydrogen-bond acceptors (Lipinski definition) is 3. The Bertz CT molecular complexity index is 1600. The Hall–Kier alpha value is -2.01. The Morgan fingerprint density at radius 2 is 1.63 bits per heavy atom. The first kappa shape index (κ1) is 10.5. The van der Waals surface area contributed by atoms with Gasteiger partial charge >= 0.3 is 7.12 Å². The summed E-state index contributed by atoms with van der Waals surface area (Å²) in [6.07, 6.45) is 0. The van der Waals surface area contributed by atoms with Crippen LogP contribution in [-0.4, -0.2) is 18.3 Å². The predicted molar refractivity (Wildman–Crippen MR) is 112 cm³/mol. The molecule has 5 heteroatoms. The van der Waals surface area contributed by atoms with Gasteiger partial charge in [-0.15, -0.1) is 0 Å². The van der Waals surface area contributed by atoms with Crippen molar-refractivity contribution in [3.05, 3.63) is 53.4 Å². The lowest BCUT2D eigenvalue weighted by molar-refractivity contribution is 0.00578. The highest BCUT2D eigenvalue weighted by molar-refractivity contribution is 6.66. The van der Waals surface area contributed by atoms with E-state index < -0.39 is 48.5 Å². The van der Waals surface area contributed by atoms with Crippen LogP contribution in [0, 0.1) is 0 Å². The van der Waals surface area contributed by atoms with Crippen molar-refractivity contribution in [2.45, 2.75) is 38.9 Å². The lowest BCUT2D eigenvalue weighted by Gasteiger charge is -2.32. The largest absolute Gasteiger partial charge is 0.495 e. The Morgan fingerprint density at radius 3 is 2.37 bits per heavy atom. The Balaban J connectivity index is 2.04. The average Bonchev–Trinajstić information content (AvgIpc) is 3.26. The molecule has 1 aliphatic rings. The molecule has 2 heterocycles. The monoisotopic (exact) mass is 386 g/mol. The summed E-state index contributed by atoms with van der Waals surface area (Å²) in [5.41, 5.74) is -1.57. The van der Waals surface area contributed by atoms with Gasteiger partial charge in [0.1, 0.15) is 11.2 Å². The van der Waals surface area contributed by atoms with Crippen molar-refractivity contribution in [3.8, 4) is 0 Å². The van der Waals surface area contributed by atoms with Crippen LogP contribution in [-0.2, 0) is 9.31 Å². The van der Waals surface area contributed by atoms with E-state index >= 15 is 0 Å². The van der Waals surface area contributed by atoms with E-state index in [2.05, 4.69) is 0 Å². The van der Waals surface area contributed by atoms with Crippen molar-refractivity contribution in [3.63, 3.8) is 0 Å². The third-order valence-electron chi connectivity index (χ3n) is 5.36. The number of hydrogen-bond donors (Lipinski definition) is 0. The van der Waals surface area contributed by atoms with Gasteiger partial charge in [0, 0.05) is 27.2 Å². The zero-order valence-corrected chi connectivity index (χ0v) is 15.9. The molecule has 1 aliphatic heterocycles. The van der Waals surface area contributed by atoms with E-state index in [1.54, 1.807) is 0 Å². The molecule has 0 saturated carbocycles. The first-order valence-electron chi connectivity index (χ1n) is 12.5. The van der Waals surface area contributed by atoms with Gasteiger partial charge in [0.05, 0.1) is 22.2 Å². The van der Waals surface area contributed by atoms with Gasteiger partial charge in [0.2, 0.25) is 0 Å². The van der Waals surface area contributed by atoms with E-state index in [0.29, 0.717) is 0 Å². The van der Waals surface area contributed by atoms with Crippen LogP contribution in [0.15, 0.2) is 52.8 Å². The molecule has 5 rings (SSSR count). The Morgan fingerprint density at radius 1 is 0.926 bits per heavy atom. The number of rotatable bonds is 1. The van der Waals surface area contributed by atoms with Crippen LogP contribution in [0.4, 0.5) is 0 Å². The smallest absolute Gasteiger partial charge is 0.455 e. The van der Waals surface area contributed by atoms with Gasteiger partial charge in [-0.25, -0.2) is 0 Å². The predicted octanol–water partition coefficient (Wildman–Crippen LogP) is 5.69. The molecule has 1 fully saturated rings. The minimum atomic E-state index is -1.09. The van der Waals surface area contributed by atoms with E-state index in [4.69, 9.17) is 36.3 Å². The molecule has 0 bridgehead atoms. The van der Waals surface area contributed by atoms with Crippen LogP contribution in [0.25, 0.3) is 32.7 Å². The molecule has 0 radical (unpaired) electrons. The van der Waals surface area contributed by atoms with Crippen molar-refractivity contribution >= 4 is 56.9 Å². The fourth-order valence-corrected chi connectivity index (χ4v) is 3.41. The summed E-state index contributed by atoms with van der Waals surface area (Å²) in [7, 11) is -1.09. The first-order valence-corrected chi connectivity index (χ1v) is 8.89. The highest BCUT2D eigenvalue weighted by Gasteiger charge is 2.52. The van der Waals surface area contributed by atoms with Crippen molar-refractivity contribution < 1.29 is 24.7 Å². The Labute approximate surface area is 174 Å². The highest BCUT2D eigenvalue weighted by atomic mass is 35.5. The maximum atomic E-state index is 8.74. The first-order chi connectivity index (χ1) is 16.1. The molecule has 0 N–H and O–H groups in total. The third-order valence-corrected chi connectivity index (χ3v) is 5.55. The van der Waals surface area contributed by atoms with Crippen molar-refractivity contribution in [1.29, 1.82) is 0 Å². The van der Waals surface area contributed by atoms with Gasteiger partial charge in [0.15, 0.2) is 0 Å². The van der Waals surface area contributed by atoms with Crippen LogP contribution in [0.5, 0.6) is 0 Å². The van der Waals surface area contributed by atoms with Crippen LogP contribution in [0.3, 0.4) is 0 Å². The fraction of sp³-hybridized carbons (Fsp3) is 0.273. The minimum Gasteiger partial charge on any atom is -0.455 e. The second-order valence-electron chi connectivity index (χ2n) is 7.58. The van der Waals surface area contributed by atoms with E-state index in [9.17, 15) is 0 Å². The fourth-order valence-electron chi connectivity index (χ4n) is 3.22. The second kappa shape index (κ2) is 5.51. The van der Waals surface area contributed by atoms with Gasteiger partial charge in [-0.05, 0) is 50.6 Å². The van der Waals surface area contributed by atoms with Gasteiger partial charge in [0.25, 0.3) is 0 Å². The molecule has 3 aromatic carbocycles. The van der Waals surface area contributed by atoms with Gasteiger partial charge in [-0.3, -0.25) is 0 Å². The second-order valence-corrected chi connectivity index (χ2v) is 7.95. The topological polar surface area (TPSA) is 31.6 Å². The van der Waals surface area contributed by atoms with Crippen molar-refractivity contribution in [2.24, 2.45) is 0 Å². The molecule has 0 spiro atoms. The molecule has 0 aliphatic carbocycles. The molecular weight excluding hydrogens is 359 g/mol. The summed E-state index contributed by atoms with van der Waals surface area (Å²) in [4.78, 5) is 0. The number of benzene rings is 3. The van der Waals surface area contributed by atoms with Crippen LogP contribution in [0.1, 0.15) is 38.7 Å². The van der Waals surface area contributed by atoms with Crippen LogP contribution < -0.4 is 5.46 Å². The van der Waals surface area contributed by atoms with E-state index in [-0.39, 0.29) is 61.3 Å². The maximum absolute atomic E-state index is 8.74. The lowest BCUT2D eigenvalue weighted by Crippen LogP contribution is -2.41. The zero-order valence-electron chi connectivity index (χ0n) is 23.2. The van der Waals surface area contributed by atoms with E-state index in [1.807, 2.05) is 27.7 Å². The molecule has 0 atom stereocenters. The minimum absolute atomic E-state index is 0.0332. The molecule has 27 heavy (non-hydrogen) atoms. The quantitative estimate of drug-likeness (QED) is 0.394. The number of fused-ring (bicyclic) bond motifs is 5. The third kappa shape index (κ3) is 2.44. The van der Waals surface area contributed by atoms with Gasteiger partial charge < -0.3 is 13.7 Å². The highest BCUT2D eigenvalue weighted by Crippen LogP contribution is 2.39. The SMILES string of the molecule is [2H]c1c([2H])c([2H])c2c(c1[2H])c([2H])c([2H])c1c2oc2c([2H])c(Cl)c([2H])c(B3OC(C)(C)C(C)(C)O3)c21. The molecule has 1 saturated heterocycles. The van der Waals surface area contributed by atoms with E-state index in [0.717, 1.165) is 0 Å². The molecule has 0 unspecified atom stereocenters. The summed E-state index contributed by atoms with van der Waals surface area (Å²) in [6, 6.07) is -3.28. The molecular formula is C22H20BClO3. The van der Waals surface area contributed by atoms with Gasteiger partial charge in [-0.1, -0.05) is 41.8 Å². The zero-order chi connectivity index (χ0) is 25.9. The number of furan rings is 1. The molecule has 0 amide bonds. The van der Waals surface area contributed by atoms with Crippen molar-refractivity contribution in [1.82, 2.24) is 0 Å². The molecule has 3 nitrogen and oxygen atoms in total.